The van der Waals surface area contributed by atoms with Gasteiger partial charge in [-0.3, -0.25) is 14.6 Å². The lowest BCUT2D eigenvalue weighted by Gasteiger charge is -2.37. The molecule has 1 aliphatic heterocycles. The van der Waals surface area contributed by atoms with Gasteiger partial charge >= 0.3 is 0 Å². The number of nitrogens with one attached hydrogen (secondary N) is 1. The fourth-order valence-corrected chi connectivity index (χ4v) is 3.71. The summed E-state index contributed by atoms with van der Waals surface area (Å²) in [5, 5.41) is 2.93. The summed E-state index contributed by atoms with van der Waals surface area (Å²) in [7, 11) is 0. The number of aromatic nitrogens is 2. The molecule has 3 aromatic rings. The first-order chi connectivity index (χ1) is 15.2. The van der Waals surface area contributed by atoms with Gasteiger partial charge in [0.25, 0.3) is 5.91 Å². The van der Waals surface area contributed by atoms with Gasteiger partial charge in [0.1, 0.15) is 11.9 Å². The monoisotopic (exact) mass is 415 g/mol. The van der Waals surface area contributed by atoms with Crippen LogP contribution < -0.4 is 10.2 Å². The van der Waals surface area contributed by atoms with Crippen LogP contribution in [0.15, 0.2) is 79.3 Å². The molecule has 1 N–H and O–H groups in total. The number of amides is 2. The number of rotatable bonds is 6. The zero-order valence-electron chi connectivity index (χ0n) is 17.2. The summed E-state index contributed by atoms with van der Waals surface area (Å²) in [6.07, 6.45) is 5.33. The summed E-state index contributed by atoms with van der Waals surface area (Å²) in [5.41, 5.74) is 1.44. The summed E-state index contributed by atoms with van der Waals surface area (Å²) >= 11 is 0. The van der Waals surface area contributed by atoms with Crippen molar-refractivity contribution >= 4 is 17.6 Å². The van der Waals surface area contributed by atoms with E-state index in [0.717, 1.165) is 11.4 Å². The van der Waals surface area contributed by atoms with Gasteiger partial charge in [0.05, 0.1) is 5.56 Å². The molecule has 0 saturated carbocycles. The third-order valence-electron chi connectivity index (χ3n) is 5.37. The molecule has 3 heterocycles. The number of carbonyl (C=O) groups excluding carboxylic acids is 2. The van der Waals surface area contributed by atoms with Crippen molar-refractivity contribution in [3.63, 3.8) is 0 Å². The molecule has 1 aliphatic rings. The summed E-state index contributed by atoms with van der Waals surface area (Å²) in [6.45, 7) is 2.58. The van der Waals surface area contributed by atoms with Crippen LogP contribution in [-0.2, 0) is 11.2 Å². The van der Waals surface area contributed by atoms with E-state index in [-0.39, 0.29) is 11.8 Å². The van der Waals surface area contributed by atoms with Gasteiger partial charge in [0.15, 0.2) is 0 Å². The van der Waals surface area contributed by atoms with Gasteiger partial charge in [0, 0.05) is 51.2 Å². The maximum Gasteiger partial charge on any atom is 0.253 e. The highest BCUT2D eigenvalue weighted by Crippen LogP contribution is 2.14. The molecule has 0 bridgehead atoms. The van der Waals surface area contributed by atoms with Crippen molar-refractivity contribution in [3.8, 4) is 0 Å². The van der Waals surface area contributed by atoms with Crippen LogP contribution in [-0.4, -0.2) is 58.9 Å². The average Bonchev–Trinajstić information content (AvgIpc) is 2.85. The van der Waals surface area contributed by atoms with E-state index < -0.39 is 6.04 Å². The molecule has 1 saturated heterocycles. The van der Waals surface area contributed by atoms with Crippen LogP contribution in [0, 0.1) is 0 Å². The SMILES string of the molecule is O=C(NC(Cc1ccccc1)C(=O)N1CCN(c2ccccn2)CC1)c1cccnc1. The molecular formula is C24H25N5O2. The lowest BCUT2D eigenvalue weighted by Crippen LogP contribution is -2.55. The van der Waals surface area contributed by atoms with Gasteiger partial charge in [-0.05, 0) is 29.8 Å². The Morgan fingerprint density at radius 1 is 0.903 bits per heavy atom. The van der Waals surface area contributed by atoms with Gasteiger partial charge in [-0.15, -0.1) is 0 Å². The normalized spacial score (nSPS) is 14.7. The molecule has 158 valence electrons. The summed E-state index contributed by atoms with van der Waals surface area (Å²) in [4.78, 5) is 38.5. The van der Waals surface area contributed by atoms with Crippen LogP contribution >= 0.6 is 0 Å². The number of hydrogen-bond donors (Lipinski definition) is 1. The summed E-state index contributed by atoms with van der Waals surface area (Å²) < 4.78 is 0. The number of carbonyl (C=O) groups is 2. The van der Waals surface area contributed by atoms with Gasteiger partial charge < -0.3 is 15.1 Å². The number of piperazine rings is 1. The minimum absolute atomic E-state index is 0.0678. The Bertz CT molecular complexity index is 990. The quantitative estimate of drug-likeness (QED) is 0.668. The average molecular weight is 415 g/mol. The number of benzene rings is 1. The molecule has 1 aromatic carbocycles. The van der Waals surface area contributed by atoms with E-state index in [1.807, 2.05) is 53.4 Å². The van der Waals surface area contributed by atoms with Crippen LogP contribution in [0.3, 0.4) is 0 Å². The number of hydrogen-bond acceptors (Lipinski definition) is 5. The summed E-state index contributed by atoms with van der Waals surface area (Å²) in [6, 6.07) is 18.3. The standard InChI is InChI=1S/C24H25N5O2/c30-23(20-9-6-11-25-18-20)27-21(17-19-7-2-1-3-8-19)24(31)29-15-13-28(14-16-29)22-10-4-5-12-26-22/h1-12,18,21H,13-17H2,(H,27,30). The fraction of sp³-hybridized carbons (Fsp3) is 0.250. The van der Waals surface area contributed by atoms with E-state index in [1.165, 1.54) is 6.20 Å². The molecule has 7 heteroatoms. The second-order valence-electron chi connectivity index (χ2n) is 7.46. The van der Waals surface area contributed by atoms with Gasteiger partial charge in [-0.2, -0.15) is 0 Å². The Morgan fingerprint density at radius 3 is 2.35 bits per heavy atom. The van der Waals surface area contributed by atoms with Crippen LogP contribution in [0.2, 0.25) is 0 Å². The molecule has 0 spiro atoms. The Balaban J connectivity index is 1.45. The highest BCUT2D eigenvalue weighted by Gasteiger charge is 2.29. The van der Waals surface area contributed by atoms with Crippen molar-refractivity contribution in [1.82, 2.24) is 20.2 Å². The third kappa shape index (κ3) is 5.25. The topological polar surface area (TPSA) is 78.4 Å². The minimum atomic E-state index is -0.642. The third-order valence-corrected chi connectivity index (χ3v) is 5.37. The van der Waals surface area contributed by atoms with Crippen molar-refractivity contribution < 1.29 is 9.59 Å². The molecule has 7 nitrogen and oxygen atoms in total. The predicted molar refractivity (Wildman–Crippen MR) is 119 cm³/mol. The smallest absolute Gasteiger partial charge is 0.253 e. The first-order valence-electron chi connectivity index (χ1n) is 10.4. The molecule has 0 radical (unpaired) electrons. The maximum atomic E-state index is 13.4. The van der Waals surface area contributed by atoms with Gasteiger partial charge in [-0.25, -0.2) is 4.98 Å². The molecule has 31 heavy (non-hydrogen) atoms. The Kier molecular flexibility index (Phi) is 6.52. The molecule has 1 fully saturated rings. The molecule has 1 unspecified atom stereocenters. The molecular weight excluding hydrogens is 390 g/mol. The van der Waals surface area contributed by atoms with Crippen LogP contribution in [0.5, 0.6) is 0 Å². The maximum absolute atomic E-state index is 13.4. The van der Waals surface area contributed by atoms with Crippen molar-refractivity contribution in [3.05, 3.63) is 90.4 Å². The zero-order valence-corrected chi connectivity index (χ0v) is 17.2. The minimum Gasteiger partial charge on any atom is -0.353 e. The number of pyridine rings is 2. The highest BCUT2D eigenvalue weighted by molar-refractivity contribution is 5.97. The molecule has 2 aromatic heterocycles. The summed E-state index contributed by atoms with van der Waals surface area (Å²) in [5.74, 6) is 0.552. The Morgan fingerprint density at radius 2 is 1.68 bits per heavy atom. The predicted octanol–water partition coefficient (Wildman–Crippen LogP) is 2.17. The van der Waals surface area contributed by atoms with E-state index in [2.05, 4.69) is 20.2 Å². The van der Waals surface area contributed by atoms with E-state index in [1.54, 1.807) is 24.5 Å². The fourth-order valence-electron chi connectivity index (χ4n) is 3.71. The lowest BCUT2D eigenvalue weighted by molar-refractivity contribution is -0.133. The van der Waals surface area contributed by atoms with Crippen LogP contribution in [0.25, 0.3) is 0 Å². The van der Waals surface area contributed by atoms with Crippen molar-refractivity contribution in [1.29, 1.82) is 0 Å². The second kappa shape index (κ2) is 9.84. The molecule has 0 aliphatic carbocycles. The molecule has 4 rings (SSSR count). The van der Waals surface area contributed by atoms with Gasteiger partial charge in [-0.1, -0.05) is 36.4 Å². The van der Waals surface area contributed by atoms with Crippen molar-refractivity contribution in [2.45, 2.75) is 12.5 Å². The largest absolute Gasteiger partial charge is 0.353 e. The highest BCUT2D eigenvalue weighted by atomic mass is 16.2. The lowest BCUT2D eigenvalue weighted by atomic mass is 10.0. The molecule has 1 atom stereocenters. The number of anilines is 1. The van der Waals surface area contributed by atoms with E-state index in [9.17, 15) is 9.59 Å². The Hall–Kier alpha value is -3.74. The number of nitrogens with zero attached hydrogens (tertiary/aromatic N) is 4. The Labute approximate surface area is 181 Å². The van der Waals surface area contributed by atoms with Crippen molar-refractivity contribution in [2.75, 3.05) is 31.1 Å². The second-order valence-corrected chi connectivity index (χ2v) is 7.46. The van der Waals surface area contributed by atoms with Crippen LogP contribution in [0.4, 0.5) is 5.82 Å². The molecule has 2 amide bonds. The van der Waals surface area contributed by atoms with Gasteiger partial charge in [0.2, 0.25) is 5.91 Å². The van der Waals surface area contributed by atoms with E-state index in [0.29, 0.717) is 38.2 Å². The van der Waals surface area contributed by atoms with Crippen molar-refractivity contribution in [2.24, 2.45) is 0 Å². The first-order valence-corrected chi connectivity index (χ1v) is 10.4. The van der Waals surface area contributed by atoms with Crippen LogP contribution in [0.1, 0.15) is 15.9 Å². The zero-order chi connectivity index (χ0) is 21.5. The first kappa shape index (κ1) is 20.5. The van der Waals surface area contributed by atoms with E-state index in [4.69, 9.17) is 0 Å². The van der Waals surface area contributed by atoms with E-state index >= 15 is 0 Å².